The topological polar surface area (TPSA) is 35.6 Å². The number of likely N-dealkylation sites (tertiary alicyclic amines) is 1. The molecule has 4 nitrogen and oxygen atoms in total. The van der Waals surface area contributed by atoms with E-state index in [1.807, 2.05) is 0 Å². The summed E-state index contributed by atoms with van der Waals surface area (Å²) in [4.78, 5) is 17.3. The van der Waals surface area contributed by atoms with Crippen molar-refractivity contribution in [2.75, 3.05) is 32.1 Å². The summed E-state index contributed by atoms with van der Waals surface area (Å²) in [6.07, 6.45) is 4.15. The molecular formula is C19H29N3O. The highest BCUT2D eigenvalue weighted by Crippen LogP contribution is 2.35. The first kappa shape index (κ1) is 16.3. The van der Waals surface area contributed by atoms with Gasteiger partial charge in [0.25, 0.3) is 0 Å². The van der Waals surface area contributed by atoms with Gasteiger partial charge in [-0.15, -0.1) is 0 Å². The molecule has 2 fully saturated rings. The summed E-state index contributed by atoms with van der Waals surface area (Å²) in [7, 11) is 4.13. The predicted octanol–water partition coefficient (Wildman–Crippen LogP) is 2.80. The van der Waals surface area contributed by atoms with E-state index in [9.17, 15) is 4.79 Å². The van der Waals surface area contributed by atoms with E-state index in [1.165, 1.54) is 11.3 Å². The molecule has 3 rings (SSSR count). The molecule has 126 valence electrons. The van der Waals surface area contributed by atoms with E-state index in [-0.39, 0.29) is 12.0 Å². The van der Waals surface area contributed by atoms with E-state index >= 15 is 0 Å². The van der Waals surface area contributed by atoms with Crippen molar-refractivity contribution < 1.29 is 4.79 Å². The number of nitrogens with zero attached hydrogens (tertiary/aromatic N) is 2. The maximum atomic E-state index is 13.0. The van der Waals surface area contributed by atoms with Crippen LogP contribution in [0.5, 0.6) is 0 Å². The Labute approximate surface area is 139 Å². The van der Waals surface area contributed by atoms with E-state index in [4.69, 9.17) is 0 Å². The van der Waals surface area contributed by atoms with E-state index in [0.29, 0.717) is 11.9 Å². The van der Waals surface area contributed by atoms with Gasteiger partial charge in [-0.1, -0.05) is 12.1 Å². The first-order chi connectivity index (χ1) is 11.1. The van der Waals surface area contributed by atoms with Crippen molar-refractivity contribution in [1.29, 1.82) is 0 Å². The van der Waals surface area contributed by atoms with Gasteiger partial charge in [-0.2, -0.15) is 0 Å². The third-order valence-electron chi connectivity index (χ3n) is 5.28. The highest BCUT2D eigenvalue weighted by molar-refractivity contribution is 5.80. The summed E-state index contributed by atoms with van der Waals surface area (Å²) in [5.41, 5.74) is 2.49. The minimum atomic E-state index is 0.198. The number of hydrogen-bond acceptors (Lipinski definition) is 3. The first-order valence-electron chi connectivity index (χ1n) is 8.87. The number of carbonyl (C=O) groups is 1. The van der Waals surface area contributed by atoms with Gasteiger partial charge in [-0.3, -0.25) is 4.79 Å². The number of piperidine rings is 1. The highest BCUT2D eigenvalue weighted by atomic mass is 16.2. The van der Waals surface area contributed by atoms with Crippen LogP contribution < -0.4 is 10.2 Å². The highest BCUT2D eigenvalue weighted by Gasteiger charge is 2.35. The Balaban J connectivity index is 1.77. The van der Waals surface area contributed by atoms with Crippen LogP contribution in [-0.4, -0.2) is 44.0 Å². The zero-order valence-electron chi connectivity index (χ0n) is 14.6. The van der Waals surface area contributed by atoms with Crippen molar-refractivity contribution in [3.8, 4) is 0 Å². The van der Waals surface area contributed by atoms with E-state index < -0.39 is 0 Å². The predicted molar refractivity (Wildman–Crippen MR) is 94.6 cm³/mol. The second-order valence-corrected chi connectivity index (χ2v) is 7.26. The van der Waals surface area contributed by atoms with Gasteiger partial charge < -0.3 is 15.1 Å². The standard InChI is InChI=1S/C19H29N3O/c1-14-12-16(9-10-20-14)19(23)22-11-5-8-18(22)15-6-4-7-17(13-15)21(2)3/h4,6-7,13-14,16,18,20H,5,8-12H2,1-3H3/t14-,16-,18?/m0/s1. The molecule has 0 radical (unpaired) electrons. The molecule has 2 aliphatic heterocycles. The van der Waals surface area contributed by atoms with E-state index in [1.54, 1.807) is 0 Å². The minimum Gasteiger partial charge on any atom is -0.378 e. The lowest BCUT2D eigenvalue weighted by Crippen LogP contribution is -2.44. The third-order valence-corrected chi connectivity index (χ3v) is 5.28. The molecule has 2 aliphatic rings. The van der Waals surface area contributed by atoms with Crippen LogP contribution in [-0.2, 0) is 4.79 Å². The molecule has 0 aromatic heterocycles. The fourth-order valence-electron chi connectivity index (χ4n) is 3.98. The van der Waals surface area contributed by atoms with Crippen molar-refractivity contribution in [3.63, 3.8) is 0 Å². The zero-order valence-corrected chi connectivity index (χ0v) is 14.6. The lowest BCUT2D eigenvalue weighted by Gasteiger charge is -2.33. The van der Waals surface area contributed by atoms with E-state index in [2.05, 4.69) is 60.4 Å². The van der Waals surface area contributed by atoms with Gasteiger partial charge >= 0.3 is 0 Å². The van der Waals surface area contributed by atoms with Gasteiger partial charge in [0.15, 0.2) is 0 Å². The van der Waals surface area contributed by atoms with Crippen molar-refractivity contribution in [2.45, 2.75) is 44.7 Å². The van der Waals surface area contributed by atoms with Crippen molar-refractivity contribution >= 4 is 11.6 Å². The molecule has 0 saturated carbocycles. The molecule has 0 spiro atoms. The molecule has 1 aromatic carbocycles. The summed E-state index contributed by atoms with van der Waals surface area (Å²) < 4.78 is 0. The molecule has 2 saturated heterocycles. The van der Waals surface area contributed by atoms with Gasteiger partial charge in [0.1, 0.15) is 0 Å². The average Bonchev–Trinajstić information content (AvgIpc) is 3.04. The molecule has 0 bridgehead atoms. The number of rotatable bonds is 3. The quantitative estimate of drug-likeness (QED) is 0.931. The largest absolute Gasteiger partial charge is 0.378 e. The van der Waals surface area contributed by atoms with Crippen molar-refractivity contribution in [3.05, 3.63) is 29.8 Å². The molecule has 1 unspecified atom stereocenters. The van der Waals surface area contributed by atoms with Crippen molar-refractivity contribution in [1.82, 2.24) is 10.2 Å². The zero-order chi connectivity index (χ0) is 16.4. The second kappa shape index (κ2) is 6.91. The van der Waals surface area contributed by atoms with Gasteiger partial charge in [0.2, 0.25) is 5.91 Å². The minimum absolute atomic E-state index is 0.198. The maximum Gasteiger partial charge on any atom is 0.226 e. The molecule has 1 N–H and O–H groups in total. The lowest BCUT2D eigenvalue weighted by molar-refractivity contribution is -0.137. The maximum absolute atomic E-state index is 13.0. The molecule has 4 heteroatoms. The van der Waals surface area contributed by atoms with Gasteiger partial charge in [0, 0.05) is 38.3 Å². The summed E-state index contributed by atoms with van der Waals surface area (Å²) in [6, 6.07) is 9.36. The summed E-state index contributed by atoms with van der Waals surface area (Å²) in [6.45, 7) is 4.06. The Bertz CT molecular complexity index is 557. The van der Waals surface area contributed by atoms with Gasteiger partial charge in [-0.25, -0.2) is 0 Å². The number of nitrogens with one attached hydrogen (secondary N) is 1. The molecule has 1 aromatic rings. The SMILES string of the molecule is C[C@H]1C[C@@H](C(=O)N2CCCC2c2cccc(N(C)C)c2)CCN1. The second-order valence-electron chi connectivity index (χ2n) is 7.26. The Morgan fingerprint density at radius 1 is 1.30 bits per heavy atom. The molecule has 3 atom stereocenters. The number of hydrogen-bond donors (Lipinski definition) is 1. The van der Waals surface area contributed by atoms with Crippen LogP contribution in [0.1, 0.15) is 44.2 Å². The fraction of sp³-hybridized carbons (Fsp3) is 0.632. The molecule has 23 heavy (non-hydrogen) atoms. The smallest absolute Gasteiger partial charge is 0.226 e. The summed E-state index contributed by atoms with van der Waals surface area (Å²) in [5, 5.41) is 3.44. The van der Waals surface area contributed by atoms with Crippen LogP contribution in [0.15, 0.2) is 24.3 Å². The molecular weight excluding hydrogens is 286 g/mol. The molecule has 2 heterocycles. The number of benzene rings is 1. The average molecular weight is 315 g/mol. The summed E-state index contributed by atoms with van der Waals surface area (Å²) >= 11 is 0. The summed E-state index contributed by atoms with van der Waals surface area (Å²) in [5.74, 6) is 0.569. The molecule has 1 amide bonds. The van der Waals surface area contributed by atoms with E-state index in [0.717, 1.165) is 38.8 Å². The third kappa shape index (κ3) is 3.52. The van der Waals surface area contributed by atoms with Crippen LogP contribution in [0, 0.1) is 5.92 Å². The monoisotopic (exact) mass is 315 g/mol. The lowest BCUT2D eigenvalue weighted by atomic mass is 9.91. The Morgan fingerprint density at radius 3 is 2.87 bits per heavy atom. The Kier molecular flexibility index (Phi) is 4.90. The molecule has 0 aliphatic carbocycles. The van der Waals surface area contributed by atoms with Gasteiger partial charge in [-0.05, 0) is 56.8 Å². The number of carbonyl (C=O) groups excluding carboxylic acids is 1. The van der Waals surface area contributed by atoms with Crippen LogP contribution in [0.4, 0.5) is 5.69 Å². The van der Waals surface area contributed by atoms with Crippen LogP contribution in [0.25, 0.3) is 0 Å². The first-order valence-corrected chi connectivity index (χ1v) is 8.87. The fourth-order valence-corrected chi connectivity index (χ4v) is 3.98. The Hall–Kier alpha value is -1.55. The van der Waals surface area contributed by atoms with Crippen LogP contribution in [0.2, 0.25) is 0 Å². The van der Waals surface area contributed by atoms with Crippen LogP contribution >= 0.6 is 0 Å². The van der Waals surface area contributed by atoms with Crippen LogP contribution in [0.3, 0.4) is 0 Å². The van der Waals surface area contributed by atoms with Gasteiger partial charge in [0.05, 0.1) is 6.04 Å². The Morgan fingerprint density at radius 2 is 2.13 bits per heavy atom. The number of amides is 1. The number of anilines is 1. The van der Waals surface area contributed by atoms with Crippen molar-refractivity contribution in [2.24, 2.45) is 5.92 Å². The normalized spacial score (nSPS) is 28.0.